The molecule has 10 aromatic rings. The fourth-order valence-corrected chi connectivity index (χ4v) is 16.0. The zero-order chi connectivity index (χ0) is 58.8. The number of fused-ring (bicyclic) bond motifs is 10. The molecule has 3 nitrogen and oxygen atoms in total. The Morgan fingerprint density at radius 1 is 0.440 bits per heavy atom. The van der Waals surface area contributed by atoms with Crippen LogP contribution in [0.1, 0.15) is 156 Å². The summed E-state index contributed by atoms with van der Waals surface area (Å²) in [6.07, 6.45) is 2.34. The Balaban J connectivity index is 1.06. The average Bonchev–Trinajstić information content (AvgIpc) is 1.46. The Morgan fingerprint density at radius 3 is 1.71 bits per heavy atom. The van der Waals surface area contributed by atoms with Crippen molar-refractivity contribution in [1.82, 2.24) is 0 Å². The molecule has 2 aliphatic heterocycles. The number of benzene rings is 9. The van der Waals surface area contributed by atoms with Crippen LogP contribution in [0.5, 0.6) is 0 Å². The summed E-state index contributed by atoms with van der Waals surface area (Å²) in [5.74, 6) is 0. The van der Waals surface area contributed by atoms with Gasteiger partial charge in [-0.3, -0.25) is 0 Å². The van der Waals surface area contributed by atoms with Crippen molar-refractivity contribution >= 4 is 95.0 Å². The highest BCUT2D eigenvalue weighted by atomic mass is 32.1. The summed E-state index contributed by atoms with van der Waals surface area (Å²) in [6, 6.07) is 73.4. The maximum atomic E-state index is 2.69. The standard InChI is InChI=1S/C79H80BN3S/c1-74(2,3)50-28-33-53(34-29-50)81(66-41-32-52(76(7,8)9)44-58(66)49-22-17-16-18-23-49)56-38-40-65-69(46-56)82(54-35-30-51(31-36-54)75(4,5)6)67-26-21-27-68-71(67)80(65)73-72(83(68)55-37-39-62-64(45-55)78(12,13)43-42-77(62,10)11)60-47-59-57-24-19-20-25-61(57)79(14,15)63(59)48-70(60)84-73/h16-41,44-48H,42-43H2,1-15H3. The van der Waals surface area contributed by atoms with Crippen molar-refractivity contribution in [2.24, 2.45) is 0 Å². The van der Waals surface area contributed by atoms with Crippen LogP contribution in [0.15, 0.2) is 188 Å². The first kappa shape index (κ1) is 54.3. The molecule has 0 saturated heterocycles. The molecule has 2 aliphatic carbocycles. The number of rotatable bonds is 6. The van der Waals surface area contributed by atoms with Crippen LogP contribution in [-0.2, 0) is 32.5 Å². The molecule has 0 spiro atoms. The van der Waals surface area contributed by atoms with Gasteiger partial charge in [-0.05, 0) is 191 Å². The Labute approximate surface area is 505 Å². The second kappa shape index (κ2) is 18.7. The molecule has 84 heavy (non-hydrogen) atoms. The minimum absolute atomic E-state index is 0.00121. The maximum absolute atomic E-state index is 2.69. The first-order valence-electron chi connectivity index (χ1n) is 30.7. The SMILES string of the molecule is CC(C)(C)c1ccc(N(c2ccc3c(c2)N(c2ccc(C(C)(C)C)cc2)c2cccc4c2B3c2sc3cc5c(cc3c2N4c2ccc3c(c2)C(C)(C)CCC3(C)C)-c2ccccc2C5(C)C)c2ccc(C(C)(C)C)cc2-c2ccccc2)cc1. The number of anilines is 9. The molecular formula is C79H80BN3S. The molecule has 14 rings (SSSR count). The molecule has 9 aromatic carbocycles. The largest absolute Gasteiger partial charge is 0.311 e. The van der Waals surface area contributed by atoms with E-state index in [4.69, 9.17) is 0 Å². The van der Waals surface area contributed by atoms with E-state index >= 15 is 0 Å². The van der Waals surface area contributed by atoms with Gasteiger partial charge in [0.25, 0.3) is 6.71 Å². The third kappa shape index (κ3) is 8.48. The monoisotopic (exact) mass is 1110 g/mol. The molecule has 0 radical (unpaired) electrons. The number of nitrogens with zero attached hydrogens (tertiary/aromatic N) is 3. The minimum Gasteiger partial charge on any atom is -0.311 e. The number of hydrogen-bond donors (Lipinski definition) is 0. The highest BCUT2D eigenvalue weighted by Crippen LogP contribution is 2.56. The van der Waals surface area contributed by atoms with Gasteiger partial charge in [0, 0.05) is 65.7 Å². The van der Waals surface area contributed by atoms with E-state index in [1.54, 1.807) is 0 Å². The van der Waals surface area contributed by atoms with Crippen LogP contribution >= 0.6 is 11.3 Å². The average molecular weight is 1110 g/mol. The molecule has 0 bridgehead atoms. The number of thiophene rings is 1. The van der Waals surface area contributed by atoms with Gasteiger partial charge in [-0.2, -0.15) is 0 Å². The van der Waals surface area contributed by atoms with Gasteiger partial charge in [0.15, 0.2) is 0 Å². The van der Waals surface area contributed by atoms with Crippen molar-refractivity contribution in [3.05, 3.63) is 227 Å². The van der Waals surface area contributed by atoms with E-state index < -0.39 is 0 Å². The van der Waals surface area contributed by atoms with Crippen LogP contribution in [0.3, 0.4) is 0 Å². The van der Waals surface area contributed by atoms with E-state index in [1.807, 2.05) is 11.3 Å². The Kier molecular flexibility index (Phi) is 12.1. The van der Waals surface area contributed by atoms with Crippen molar-refractivity contribution in [1.29, 1.82) is 0 Å². The molecule has 0 atom stereocenters. The summed E-state index contributed by atoms with van der Waals surface area (Å²) in [4.78, 5) is 7.82. The van der Waals surface area contributed by atoms with Crippen molar-refractivity contribution in [3.63, 3.8) is 0 Å². The quantitative estimate of drug-likeness (QED) is 0.154. The summed E-state index contributed by atoms with van der Waals surface area (Å²) < 4.78 is 2.74. The highest BCUT2D eigenvalue weighted by Gasteiger charge is 2.47. The lowest BCUT2D eigenvalue weighted by molar-refractivity contribution is 0.332. The van der Waals surface area contributed by atoms with Crippen molar-refractivity contribution in [3.8, 4) is 22.3 Å². The molecule has 0 saturated carbocycles. The third-order valence-electron chi connectivity index (χ3n) is 19.8. The molecule has 1 aromatic heterocycles. The van der Waals surface area contributed by atoms with Gasteiger partial charge >= 0.3 is 0 Å². The highest BCUT2D eigenvalue weighted by molar-refractivity contribution is 7.33. The van der Waals surface area contributed by atoms with E-state index in [2.05, 4.69) is 307 Å². The van der Waals surface area contributed by atoms with Crippen LogP contribution in [0, 0.1) is 0 Å². The topological polar surface area (TPSA) is 9.72 Å². The first-order chi connectivity index (χ1) is 39.8. The van der Waals surface area contributed by atoms with E-state index in [9.17, 15) is 0 Å². The second-order valence-electron chi connectivity index (χ2n) is 29.7. The van der Waals surface area contributed by atoms with Gasteiger partial charge in [-0.1, -0.05) is 207 Å². The Hall–Kier alpha value is -7.60. The number of hydrogen-bond acceptors (Lipinski definition) is 4. The van der Waals surface area contributed by atoms with Crippen LogP contribution in [-0.4, -0.2) is 6.71 Å². The van der Waals surface area contributed by atoms with Gasteiger partial charge in [-0.25, -0.2) is 0 Å². The van der Waals surface area contributed by atoms with Gasteiger partial charge < -0.3 is 14.7 Å². The fourth-order valence-electron chi connectivity index (χ4n) is 14.7. The molecule has 0 N–H and O–H groups in total. The fraction of sp³-hybridized carbons (Fsp3) is 0.291. The van der Waals surface area contributed by atoms with Gasteiger partial charge in [0.1, 0.15) is 0 Å². The lowest BCUT2D eigenvalue weighted by Gasteiger charge is -2.45. The van der Waals surface area contributed by atoms with Crippen LogP contribution in [0.25, 0.3) is 32.3 Å². The second-order valence-corrected chi connectivity index (χ2v) is 30.8. The summed E-state index contributed by atoms with van der Waals surface area (Å²) >= 11 is 2.02. The molecular weight excluding hydrogens is 1030 g/mol. The Morgan fingerprint density at radius 2 is 1.04 bits per heavy atom. The van der Waals surface area contributed by atoms with Crippen LogP contribution < -0.4 is 30.4 Å². The van der Waals surface area contributed by atoms with E-state index in [0.717, 1.165) is 29.2 Å². The molecule has 0 amide bonds. The lowest BCUT2D eigenvalue weighted by Crippen LogP contribution is -2.60. The van der Waals surface area contributed by atoms with Gasteiger partial charge in [0.05, 0.1) is 11.4 Å². The zero-order valence-electron chi connectivity index (χ0n) is 52.1. The zero-order valence-corrected chi connectivity index (χ0v) is 53.0. The molecule has 4 aliphatic rings. The van der Waals surface area contributed by atoms with E-state index in [0.29, 0.717) is 0 Å². The van der Waals surface area contributed by atoms with Crippen LogP contribution in [0.2, 0.25) is 0 Å². The van der Waals surface area contributed by atoms with Gasteiger partial charge in [0.2, 0.25) is 0 Å². The lowest BCUT2D eigenvalue weighted by atomic mass is 9.36. The smallest absolute Gasteiger partial charge is 0.264 e. The normalized spacial score (nSPS) is 16.2. The van der Waals surface area contributed by atoms with E-state index in [-0.39, 0.29) is 39.2 Å². The van der Waals surface area contributed by atoms with Crippen molar-refractivity contribution in [2.45, 2.75) is 149 Å². The summed E-state index contributed by atoms with van der Waals surface area (Å²) in [6.45, 7) is 35.5. The predicted octanol–water partition coefficient (Wildman–Crippen LogP) is 20.7. The summed E-state index contributed by atoms with van der Waals surface area (Å²) in [5, 5.41) is 1.32. The maximum Gasteiger partial charge on any atom is 0.264 e. The van der Waals surface area contributed by atoms with E-state index in [1.165, 1.54) is 122 Å². The summed E-state index contributed by atoms with van der Waals surface area (Å²) in [7, 11) is 0. The summed E-state index contributed by atoms with van der Waals surface area (Å²) in [5.41, 5.74) is 28.2. The van der Waals surface area contributed by atoms with Crippen LogP contribution in [0.4, 0.5) is 51.2 Å². The van der Waals surface area contributed by atoms with Gasteiger partial charge in [-0.15, -0.1) is 11.3 Å². The van der Waals surface area contributed by atoms with Crippen molar-refractivity contribution in [2.75, 3.05) is 14.7 Å². The first-order valence-corrected chi connectivity index (χ1v) is 31.6. The predicted molar refractivity (Wildman–Crippen MR) is 365 cm³/mol. The molecule has 420 valence electrons. The molecule has 0 unspecified atom stereocenters. The third-order valence-corrected chi connectivity index (χ3v) is 21.0. The molecule has 0 fully saturated rings. The van der Waals surface area contributed by atoms with Crippen molar-refractivity contribution < 1.29 is 0 Å². The molecule has 3 heterocycles. The Bertz CT molecular complexity index is 4290. The molecule has 5 heteroatoms. The minimum atomic E-state index is -0.124.